The molecule has 0 radical (unpaired) electrons. The molecule has 0 unspecified atom stereocenters. The fourth-order valence-electron chi connectivity index (χ4n) is 1.36. The van der Waals surface area contributed by atoms with E-state index >= 15 is 0 Å². The molecule has 1 aromatic heterocycles. The summed E-state index contributed by atoms with van der Waals surface area (Å²) in [5.41, 5.74) is 2.58. The van der Waals surface area contributed by atoms with Gasteiger partial charge in [-0.3, -0.25) is 0 Å². The Balaban J connectivity index is 1.93. The molecule has 0 bridgehead atoms. The SMILES string of the molecule is CCc1ccc(OCc2ccsc2)cc1. The summed E-state index contributed by atoms with van der Waals surface area (Å²) in [6.45, 7) is 2.82. The first-order valence-corrected chi connectivity index (χ1v) is 6.05. The molecule has 2 heteroatoms. The van der Waals surface area contributed by atoms with Gasteiger partial charge in [0.15, 0.2) is 0 Å². The quantitative estimate of drug-likeness (QED) is 0.756. The highest BCUT2D eigenvalue weighted by atomic mass is 32.1. The molecule has 0 aliphatic carbocycles. The Morgan fingerprint density at radius 3 is 2.47 bits per heavy atom. The molecule has 0 saturated heterocycles. The number of ether oxygens (including phenoxy) is 1. The summed E-state index contributed by atoms with van der Waals surface area (Å²) < 4.78 is 5.66. The number of hydrogen-bond acceptors (Lipinski definition) is 2. The molecular weight excluding hydrogens is 204 g/mol. The van der Waals surface area contributed by atoms with E-state index < -0.39 is 0 Å². The molecule has 0 aliphatic heterocycles. The zero-order valence-corrected chi connectivity index (χ0v) is 9.59. The highest BCUT2D eigenvalue weighted by Crippen LogP contribution is 2.15. The maximum atomic E-state index is 5.66. The molecule has 0 fully saturated rings. The lowest BCUT2D eigenvalue weighted by molar-refractivity contribution is 0.306. The monoisotopic (exact) mass is 218 g/mol. The molecule has 0 saturated carbocycles. The van der Waals surface area contributed by atoms with Crippen LogP contribution in [0.4, 0.5) is 0 Å². The van der Waals surface area contributed by atoms with Crippen molar-refractivity contribution in [3.63, 3.8) is 0 Å². The van der Waals surface area contributed by atoms with Crippen molar-refractivity contribution in [1.29, 1.82) is 0 Å². The molecule has 15 heavy (non-hydrogen) atoms. The Morgan fingerprint density at radius 1 is 1.07 bits per heavy atom. The van der Waals surface area contributed by atoms with E-state index in [4.69, 9.17) is 4.74 Å². The average molecular weight is 218 g/mol. The van der Waals surface area contributed by atoms with E-state index in [1.807, 2.05) is 12.1 Å². The lowest BCUT2D eigenvalue weighted by Gasteiger charge is -2.05. The molecule has 2 aromatic rings. The predicted octanol–water partition coefficient (Wildman–Crippen LogP) is 3.89. The van der Waals surface area contributed by atoms with Crippen molar-refractivity contribution in [1.82, 2.24) is 0 Å². The molecule has 0 N–H and O–H groups in total. The fourth-order valence-corrected chi connectivity index (χ4v) is 2.02. The van der Waals surface area contributed by atoms with E-state index in [9.17, 15) is 0 Å². The topological polar surface area (TPSA) is 9.23 Å². The van der Waals surface area contributed by atoms with Gasteiger partial charge in [0.1, 0.15) is 12.4 Å². The summed E-state index contributed by atoms with van der Waals surface area (Å²) in [5.74, 6) is 0.943. The number of hydrogen-bond donors (Lipinski definition) is 0. The van der Waals surface area contributed by atoms with Crippen LogP contribution >= 0.6 is 11.3 Å². The predicted molar refractivity (Wildman–Crippen MR) is 64.5 cm³/mol. The van der Waals surface area contributed by atoms with Gasteiger partial charge in [-0.1, -0.05) is 19.1 Å². The molecule has 1 aromatic carbocycles. The minimum absolute atomic E-state index is 0.662. The number of aryl methyl sites for hydroxylation is 1. The van der Waals surface area contributed by atoms with Crippen molar-refractivity contribution in [2.75, 3.05) is 0 Å². The van der Waals surface area contributed by atoms with Crippen molar-refractivity contribution in [3.05, 3.63) is 52.2 Å². The van der Waals surface area contributed by atoms with E-state index in [1.54, 1.807) is 11.3 Å². The first kappa shape index (κ1) is 10.2. The highest BCUT2D eigenvalue weighted by Gasteiger charge is 1.96. The van der Waals surface area contributed by atoms with Gasteiger partial charge in [0.25, 0.3) is 0 Å². The van der Waals surface area contributed by atoms with Gasteiger partial charge in [-0.05, 0) is 46.5 Å². The van der Waals surface area contributed by atoms with Crippen molar-refractivity contribution in [2.45, 2.75) is 20.0 Å². The van der Waals surface area contributed by atoms with Crippen molar-refractivity contribution in [3.8, 4) is 5.75 Å². The van der Waals surface area contributed by atoms with Crippen LogP contribution in [0.1, 0.15) is 18.1 Å². The standard InChI is InChI=1S/C13H14OS/c1-2-11-3-5-13(6-4-11)14-9-12-7-8-15-10-12/h3-8,10H,2,9H2,1H3. The summed E-state index contributed by atoms with van der Waals surface area (Å²) in [6, 6.07) is 10.4. The summed E-state index contributed by atoms with van der Waals surface area (Å²) in [5, 5.41) is 4.18. The molecule has 2 rings (SSSR count). The van der Waals surface area contributed by atoms with Gasteiger partial charge in [-0.15, -0.1) is 0 Å². The van der Waals surface area contributed by atoms with Gasteiger partial charge in [0.2, 0.25) is 0 Å². The summed E-state index contributed by atoms with van der Waals surface area (Å²) >= 11 is 1.70. The lowest BCUT2D eigenvalue weighted by atomic mass is 10.2. The summed E-state index contributed by atoms with van der Waals surface area (Å²) in [7, 11) is 0. The molecule has 1 heterocycles. The zero-order chi connectivity index (χ0) is 10.5. The van der Waals surface area contributed by atoms with E-state index in [-0.39, 0.29) is 0 Å². The Morgan fingerprint density at radius 2 is 1.87 bits per heavy atom. The van der Waals surface area contributed by atoms with Gasteiger partial charge in [0.05, 0.1) is 0 Å². The first-order valence-electron chi connectivity index (χ1n) is 5.11. The second-order valence-corrected chi connectivity index (χ2v) is 4.20. The van der Waals surface area contributed by atoms with Crippen LogP contribution in [0.2, 0.25) is 0 Å². The van der Waals surface area contributed by atoms with Crippen molar-refractivity contribution in [2.24, 2.45) is 0 Å². The third-order valence-electron chi connectivity index (χ3n) is 2.32. The smallest absolute Gasteiger partial charge is 0.119 e. The molecule has 0 amide bonds. The van der Waals surface area contributed by atoms with E-state index in [0.29, 0.717) is 6.61 Å². The maximum absolute atomic E-state index is 5.66. The van der Waals surface area contributed by atoms with Crippen LogP contribution in [0.5, 0.6) is 5.75 Å². The number of thiophene rings is 1. The molecule has 0 atom stereocenters. The Bertz CT molecular complexity index is 389. The number of rotatable bonds is 4. The highest BCUT2D eigenvalue weighted by molar-refractivity contribution is 7.07. The maximum Gasteiger partial charge on any atom is 0.119 e. The van der Waals surface area contributed by atoms with Gasteiger partial charge >= 0.3 is 0 Å². The van der Waals surface area contributed by atoms with Gasteiger partial charge in [-0.25, -0.2) is 0 Å². The summed E-state index contributed by atoms with van der Waals surface area (Å²) in [6.07, 6.45) is 1.07. The van der Waals surface area contributed by atoms with Gasteiger partial charge in [-0.2, -0.15) is 11.3 Å². The normalized spacial score (nSPS) is 10.2. The molecule has 0 spiro atoms. The second kappa shape index (κ2) is 4.99. The third kappa shape index (κ3) is 2.83. The molecule has 0 aliphatic rings. The number of benzene rings is 1. The van der Waals surface area contributed by atoms with Crippen LogP contribution in [0, 0.1) is 0 Å². The Labute approximate surface area is 94.3 Å². The van der Waals surface area contributed by atoms with E-state index in [0.717, 1.165) is 12.2 Å². The Kier molecular flexibility index (Phi) is 3.41. The van der Waals surface area contributed by atoms with Gasteiger partial charge in [0, 0.05) is 0 Å². The van der Waals surface area contributed by atoms with Crippen LogP contribution in [0.25, 0.3) is 0 Å². The van der Waals surface area contributed by atoms with Crippen LogP contribution in [-0.2, 0) is 13.0 Å². The minimum atomic E-state index is 0.662. The summed E-state index contributed by atoms with van der Waals surface area (Å²) in [4.78, 5) is 0. The minimum Gasteiger partial charge on any atom is -0.489 e. The zero-order valence-electron chi connectivity index (χ0n) is 8.77. The van der Waals surface area contributed by atoms with Crippen molar-refractivity contribution >= 4 is 11.3 Å². The van der Waals surface area contributed by atoms with E-state index in [2.05, 4.69) is 35.9 Å². The molecule has 78 valence electrons. The van der Waals surface area contributed by atoms with Crippen LogP contribution in [0.15, 0.2) is 41.1 Å². The van der Waals surface area contributed by atoms with Crippen LogP contribution in [0.3, 0.4) is 0 Å². The molecular formula is C13H14OS. The third-order valence-corrected chi connectivity index (χ3v) is 3.05. The lowest BCUT2D eigenvalue weighted by Crippen LogP contribution is -1.93. The second-order valence-electron chi connectivity index (χ2n) is 3.42. The van der Waals surface area contributed by atoms with Crippen molar-refractivity contribution < 1.29 is 4.74 Å². The molecule has 1 nitrogen and oxygen atoms in total. The first-order chi connectivity index (χ1) is 7.38. The average Bonchev–Trinajstić information content (AvgIpc) is 2.80. The van der Waals surface area contributed by atoms with Gasteiger partial charge < -0.3 is 4.74 Å². The van der Waals surface area contributed by atoms with Crippen LogP contribution < -0.4 is 4.74 Å². The largest absolute Gasteiger partial charge is 0.489 e. The van der Waals surface area contributed by atoms with Crippen LogP contribution in [-0.4, -0.2) is 0 Å². The fraction of sp³-hybridized carbons (Fsp3) is 0.231. The Hall–Kier alpha value is -1.28. The van der Waals surface area contributed by atoms with E-state index in [1.165, 1.54) is 11.1 Å².